The first kappa shape index (κ1) is 18.8. The molecule has 0 radical (unpaired) electrons. The van der Waals surface area contributed by atoms with Crippen molar-refractivity contribution in [3.63, 3.8) is 0 Å². The molecule has 4 N–H and O–H groups in total. The van der Waals surface area contributed by atoms with Gasteiger partial charge in [-0.2, -0.15) is 4.99 Å². The molecule has 25 heavy (non-hydrogen) atoms. The number of anilines is 1. The topological polar surface area (TPSA) is 80.0 Å². The van der Waals surface area contributed by atoms with E-state index in [9.17, 15) is 0 Å². The van der Waals surface area contributed by atoms with E-state index in [2.05, 4.69) is 64.6 Å². The summed E-state index contributed by atoms with van der Waals surface area (Å²) in [6.45, 7) is 0.414. The van der Waals surface area contributed by atoms with Crippen molar-refractivity contribution in [3.8, 4) is 0 Å². The number of hydrogen-bond acceptors (Lipinski definition) is 5. The molecule has 0 amide bonds. The van der Waals surface area contributed by atoms with Crippen LogP contribution >= 0.6 is 12.4 Å². The average Bonchev–Trinajstić information content (AvgIpc) is 2.60. The summed E-state index contributed by atoms with van der Waals surface area (Å²) in [6.07, 6.45) is 4.61. The molecule has 0 saturated heterocycles. The number of benzene rings is 2. The third-order valence-electron chi connectivity index (χ3n) is 4.15. The highest BCUT2D eigenvalue weighted by molar-refractivity contribution is 6.04. The van der Waals surface area contributed by atoms with E-state index in [0.717, 1.165) is 18.5 Å². The lowest BCUT2D eigenvalue weighted by Gasteiger charge is -2.24. The van der Waals surface area contributed by atoms with Gasteiger partial charge in [0.05, 0.1) is 0 Å². The predicted molar refractivity (Wildman–Crippen MR) is 107 cm³/mol. The van der Waals surface area contributed by atoms with Gasteiger partial charge in [-0.15, -0.1) is 12.4 Å². The molecular formula is C19H24ClN5. The van der Waals surface area contributed by atoms with E-state index in [4.69, 9.17) is 11.5 Å². The van der Waals surface area contributed by atoms with Gasteiger partial charge < -0.3 is 11.5 Å². The van der Waals surface area contributed by atoms with Crippen LogP contribution in [-0.4, -0.2) is 18.6 Å². The van der Waals surface area contributed by atoms with Gasteiger partial charge in [0.1, 0.15) is 6.67 Å². The zero-order valence-corrected chi connectivity index (χ0v) is 15.0. The van der Waals surface area contributed by atoms with Crippen LogP contribution in [0.3, 0.4) is 0 Å². The number of nitrogens with zero attached hydrogens (tertiary/aromatic N) is 3. The molecule has 1 aliphatic rings. The van der Waals surface area contributed by atoms with Gasteiger partial charge >= 0.3 is 0 Å². The summed E-state index contributed by atoms with van der Waals surface area (Å²) >= 11 is 0. The van der Waals surface area contributed by atoms with Crippen LogP contribution in [0.2, 0.25) is 0 Å². The Morgan fingerprint density at radius 3 is 2.04 bits per heavy atom. The van der Waals surface area contributed by atoms with Crippen LogP contribution in [0.5, 0.6) is 0 Å². The fraction of sp³-hybridized carbons (Fsp3) is 0.263. The maximum atomic E-state index is 5.91. The Balaban J connectivity index is 0.00000225. The van der Waals surface area contributed by atoms with Crippen LogP contribution in [0.1, 0.15) is 24.0 Å². The van der Waals surface area contributed by atoms with Crippen molar-refractivity contribution in [2.24, 2.45) is 21.5 Å². The summed E-state index contributed by atoms with van der Waals surface area (Å²) in [5.41, 5.74) is 15.2. The molecule has 5 nitrogen and oxygen atoms in total. The fourth-order valence-electron chi connectivity index (χ4n) is 2.79. The normalized spacial score (nSPS) is 13.7. The fourth-order valence-corrected chi connectivity index (χ4v) is 2.79. The maximum absolute atomic E-state index is 5.91. The molecule has 132 valence electrons. The van der Waals surface area contributed by atoms with Crippen LogP contribution in [0.25, 0.3) is 0 Å². The Kier molecular flexibility index (Phi) is 6.83. The van der Waals surface area contributed by atoms with Gasteiger partial charge in [-0.3, -0.25) is 4.90 Å². The summed E-state index contributed by atoms with van der Waals surface area (Å²) in [7, 11) is 0. The van der Waals surface area contributed by atoms with Crippen LogP contribution < -0.4 is 16.4 Å². The first-order valence-corrected chi connectivity index (χ1v) is 8.27. The standard InChI is InChI=1S/C19H23N5.ClH/c20-18-22-14-24(19(21)23-18)17-12-10-16(11-13-17)9-5-4-8-15-6-2-1-3-7-15;/h1-3,6-7,10-13H,4-5,8-9,14H2,(H4,20,21,22,23);1H. The van der Waals surface area contributed by atoms with Gasteiger partial charge in [-0.1, -0.05) is 42.5 Å². The van der Waals surface area contributed by atoms with Crippen molar-refractivity contribution >= 4 is 30.0 Å². The van der Waals surface area contributed by atoms with Gasteiger partial charge in [0.15, 0.2) is 0 Å². The first-order chi connectivity index (χ1) is 11.7. The minimum Gasteiger partial charge on any atom is -0.369 e. The van der Waals surface area contributed by atoms with Crippen molar-refractivity contribution in [2.45, 2.75) is 25.7 Å². The number of aryl methyl sites for hydroxylation is 2. The third kappa shape index (κ3) is 5.22. The molecule has 3 rings (SSSR count). The summed E-state index contributed by atoms with van der Waals surface area (Å²) in [5, 5.41) is 0. The molecule has 2 aromatic rings. The molecular weight excluding hydrogens is 334 g/mol. The monoisotopic (exact) mass is 357 g/mol. The van der Waals surface area contributed by atoms with E-state index in [0.29, 0.717) is 12.6 Å². The van der Waals surface area contributed by atoms with Crippen LogP contribution in [0, 0.1) is 0 Å². The lowest BCUT2D eigenvalue weighted by molar-refractivity contribution is 0.734. The van der Waals surface area contributed by atoms with E-state index in [1.807, 2.05) is 4.90 Å². The Hall–Kier alpha value is -2.53. The molecule has 0 fully saturated rings. The minimum atomic E-state index is 0. The summed E-state index contributed by atoms with van der Waals surface area (Å²) in [5.74, 6) is 0.622. The predicted octanol–water partition coefficient (Wildman–Crippen LogP) is 3.08. The van der Waals surface area contributed by atoms with Crippen LogP contribution in [0.4, 0.5) is 5.69 Å². The van der Waals surface area contributed by atoms with Gasteiger partial charge in [0.2, 0.25) is 11.9 Å². The highest BCUT2D eigenvalue weighted by Gasteiger charge is 2.14. The van der Waals surface area contributed by atoms with Gasteiger partial charge in [-0.05, 0) is 48.9 Å². The SMILES string of the molecule is Cl.NC1=NCN(c2ccc(CCCCc3ccccc3)cc2)C(N)=N1. The number of rotatable bonds is 6. The second-order valence-corrected chi connectivity index (χ2v) is 5.91. The summed E-state index contributed by atoms with van der Waals surface area (Å²) in [4.78, 5) is 9.95. The second kappa shape index (κ2) is 9.08. The highest BCUT2D eigenvalue weighted by Crippen LogP contribution is 2.18. The van der Waals surface area contributed by atoms with Crippen molar-refractivity contribution in [1.29, 1.82) is 0 Å². The smallest absolute Gasteiger partial charge is 0.220 e. The van der Waals surface area contributed by atoms with Gasteiger partial charge in [0, 0.05) is 5.69 Å². The summed E-state index contributed by atoms with van der Waals surface area (Å²) < 4.78 is 0. The Labute approximate surface area is 154 Å². The van der Waals surface area contributed by atoms with E-state index in [1.54, 1.807) is 0 Å². The number of hydrogen-bond donors (Lipinski definition) is 2. The molecule has 1 aliphatic heterocycles. The largest absolute Gasteiger partial charge is 0.369 e. The zero-order chi connectivity index (χ0) is 16.8. The minimum absolute atomic E-state index is 0. The highest BCUT2D eigenvalue weighted by atomic mass is 35.5. The molecule has 0 saturated carbocycles. The Bertz CT molecular complexity index is 725. The lowest BCUT2D eigenvalue weighted by atomic mass is 10.0. The molecule has 0 aromatic heterocycles. The molecule has 0 unspecified atom stereocenters. The lowest BCUT2D eigenvalue weighted by Crippen LogP contribution is -2.42. The third-order valence-corrected chi connectivity index (χ3v) is 4.15. The number of nitrogens with two attached hydrogens (primary N) is 2. The Morgan fingerprint density at radius 2 is 1.44 bits per heavy atom. The number of halogens is 1. The number of aliphatic imine (C=N–C) groups is 2. The molecule has 6 heteroatoms. The van der Waals surface area contributed by atoms with E-state index < -0.39 is 0 Å². The Morgan fingerprint density at radius 1 is 0.840 bits per heavy atom. The van der Waals surface area contributed by atoms with Crippen molar-refractivity contribution < 1.29 is 0 Å². The number of unbranched alkanes of at least 4 members (excludes halogenated alkanes) is 1. The van der Waals surface area contributed by atoms with Crippen molar-refractivity contribution in [2.75, 3.05) is 11.6 Å². The van der Waals surface area contributed by atoms with Gasteiger partial charge in [0.25, 0.3) is 0 Å². The molecule has 0 atom stereocenters. The molecule has 0 bridgehead atoms. The van der Waals surface area contributed by atoms with E-state index >= 15 is 0 Å². The second-order valence-electron chi connectivity index (χ2n) is 5.91. The van der Waals surface area contributed by atoms with E-state index in [-0.39, 0.29) is 18.4 Å². The maximum Gasteiger partial charge on any atom is 0.220 e. The molecule has 1 heterocycles. The van der Waals surface area contributed by atoms with Gasteiger partial charge in [-0.25, -0.2) is 4.99 Å². The van der Waals surface area contributed by atoms with E-state index in [1.165, 1.54) is 24.0 Å². The van der Waals surface area contributed by atoms with Crippen LogP contribution in [0.15, 0.2) is 64.6 Å². The molecule has 0 aliphatic carbocycles. The average molecular weight is 358 g/mol. The van der Waals surface area contributed by atoms with Crippen molar-refractivity contribution in [1.82, 2.24) is 0 Å². The number of guanidine groups is 2. The molecule has 2 aromatic carbocycles. The van der Waals surface area contributed by atoms with Crippen LogP contribution in [-0.2, 0) is 12.8 Å². The quantitative estimate of drug-likeness (QED) is 0.779. The van der Waals surface area contributed by atoms with Crippen molar-refractivity contribution in [3.05, 3.63) is 65.7 Å². The first-order valence-electron chi connectivity index (χ1n) is 8.27. The summed E-state index contributed by atoms with van der Waals surface area (Å²) in [6, 6.07) is 19.0. The zero-order valence-electron chi connectivity index (χ0n) is 14.1. The molecule has 0 spiro atoms.